The fourth-order valence-electron chi connectivity index (χ4n) is 1.75. The standard InChI is InChI=1S/C9H11BrF3N3S/c1-4-2-16(3-5(4)14)8-15-6(7(10)17-8)9(11,12)13/h4-5H,2-3,14H2,1H3. The fourth-order valence-corrected chi connectivity index (χ4v) is 3.33. The lowest BCUT2D eigenvalue weighted by molar-refractivity contribution is -0.141. The second kappa shape index (κ2) is 4.40. The Labute approximate surface area is 109 Å². The van der Waals surface area contributed by atoms with Gasteiger partial charge in [0.1, 0.15) is 3.79 Å². The van der Waals surface area contributed by atoms with Crippen LogP contribution in [0.3, 0.4) is 0 Å². The molecular formula is C9H11BrF3N3S. The normalized spacial score (nSPS) is 25.6. The summed E-state index contributed by atoms with van der Waals surface area (Å²) in [5, 5.41) is 0.379. The van der Waals surface area contributed by atoms with Gasteiger partial charge in [-0.1, -0.05) is 18.3 Å². The van der Waals surface area contributed by atoms with Crippen molar-refractivity contribution in [2.75, 3.05) is 18.0 Å². The van der Waals surface area contributed by atoms with E-state index in [-0.39, 0.29) is 15.7 Å². The predicted molar refractivity (Wildman–Crippen MR) is 64.2 cm³/mol. The molecule has 0 amide bonds. The van der Waals surface area contributed by atoms with Crippen molar-refractivity contribution in [1.82, 2.24) is 4.98 Å². The minimum Gasteiger partial charge on any atom is -0.346 e. The van der Waals surface area contributed by atoms with E-state index in [1.807, 2.05) is 6.92 Å². The third-order valence-electron chi connectivity index (χ3n) is 2.78. The molecule has 8 heteroatoms. The molecule has 0 saturated carbocycles. The van der Waals surface area contributed by atoms with Crippen LogP contribution in [-0.2, 0) is 6.18 Å². The predicted octanol–water partition coefficient (Wildman–Crippen LogP) is 2.71. The lowest BCUT2D eigenvalue weighted by Gasteiger charge is -2.13. The molecule has 1 aliphatic rings. The first-order chi connectivity index (χ1) is 7.79. The van der Waals surface area contributed by atoms with Gasteiger partial charge in [-0.3, -0.25) is 0 Å². The Morgan fingerprint density at radius 3 is 2.53 bits per heavy atom. The van der Waals surface area contributed by atoms with E-state index < -0.39 is 11.9 Å². The Kier molecular flexibility index (Phi) is 3.39. The smallest absolute Gasteiger partial charge is 0.346 e. The molecular weight excluding hydrogens is 319 g/mol. The average molecular weight is 330 g/mol. The Bertz CT molecular complexity index is 410. The molecule has 0 aromatic carbocycles. The van der Waals surface area contributed by atoms with E-state index in [1.54, 1.807) is 4.90 Å². The van der Waals surface area contributed by atoms with Crippen LogP contribution in [0, 0.1) is 5.92 Å². The molecule has 96 valence electrons. The van der Waals surface area contributed by atoms with Crippen LogP contribution in [0.2, 0.25) is 0 Å². The number of aromatic nitrogens is 1. The van der Waals surface area contributed by atoms with E-state index in [0.717, 1.165) is 11.3 Å². The number of anilines is 1. The maximum absolute atomic E-state index is 12.6. The Morgan fingerprint density at radius 2 is 2.12 bits per heavy atom. The molecule has 1 fully saturated rings. The van der Waals surface area contributed by atoms with E-state index in [1.165, 1.54) is 0 Å². The van der Waals surface area contributed by atoms with Gasteiger partial charge in [-0.15, -0.1) is 0 Å². The minimum atomic E-state index is -4.42. The summed E-state index contributed by atoms with van der Waals surface area (Å²) in [5.74, 6) is 0.270. The fraction of sp³-hybridized carbons (Fsp3) is 0.667. The first-order valence-electron chi connectivity index (χ1n) is 5.03. The summed E-state index contributed by atoms with van der Waals surface area (Å²) in [6, 6.07) is -0.00740. The van der Waals surface area contributed by atoms with Gasteiger partial charge < -0.3 is 10.6 Å². The quantitative estimate of drug-likeness (QED) is 0.861. The van der Waals surface area contributed by atoms with Gasteiger partial charge >= 0.3 is 6.18 Å². The van der Waals surface area contributed by atoms with Crippen molar-refractivity contribution in [2.45, 2.75) is 19.1 Å². The van der Waals surface area contributed by atoms with Crippen LogP contribution in [0.15, 0.2) is 3.79 Å². The van der Waals surface area contributed by atoms with Crippen molar-refractivity contribution >= 4 is 32.4 Å². The molecule has 1 saturated heterocycles. The summed E-state index contributed by atoms with van der Waals surface area (Å²) in [4.78, 5) is 5.45. The first kappa shape index (κ1) is 13.1. The van der Waals surface area contributed by atoms with Crippen LogP contribution in [0.25, 0.3) is 0 Å². The minimum absolute atomic E-state index is 0.00740. The third kappa shape index (κ3) is 2.58. The number of hydrogen-bond donors (Lipinski definition) is 1. The molecule has 1 aliphatic heterocycles. The van der Waals surface area contributed by atoms with Crippen molar-refractivity contribution in [3.8, 4) is 0 Å². The van der Waals surface area contributed by atoms with E-state index >= 15 is 0 Å². The van der Waals surface area contributed by atoms with Crippen LogP contribution in [0.1, 0.15) is 12.6 Å². The second-order valence-corrected chi connectivity index (χ2v) is 6.46. The van der Waals surface area contributed by atoms with Crippen LogP contribution in [0.4, 0.5) is 18.3 Å². The number of thiazole rings is 1. The van der Waals surface area contributed by atoms with Gasteiger partial charge in [-0.25, -0.2) is 4.98 Å². The molecule has 17 heavy (non-hydrogen) atoms. The summed E-state index contributed by atoms with van der Waals surface area (Å²) in [7, 11) is 0. The van der Waals surface area contributed by atoms with Gasteiger partial charge in [0.05, 0.1) is 0 Å². The van der Waals surface area contributed by atoms with Crippen molar-refractivity contribution in [1.29, 1.82) is 0 Å². The zero-order chi connectivity index (χ0) is 12.8. The molecule has 0 aliphatic carbocycles. The maximum Gasteiger partial charge on any atom is 0.435 e. The lowest BCUT2D eigenvalue weighted by Crippen LogP contribution is -2.28. The summed E-state index contributed by atoms with van der Waals surface area (Å²) >= 11 is 3.91. The Morgan fingerprint density at radius 1 is 1.47 bits per heavy atom. The van der Waals surface area contributed by atoms with Crippen molar-refractivity contribution in [2.24, 2.45) is 11.7 Å². The number of halogens is 4. The molecule has 0 spiro atoms. The average Bonchev–Trinajstić information content (AvgIpc) is 2.70. The summed E-state index contributed by atoms with van der Waals surface area (Å²) in [6.07, 6.45) is -4.42. The lowest BCUT2D eigenvalue weighted by atomic mass is 10.1. The molecule has 2 rings (SSSR count). The van der Waals surface area contributed by atoms with Gasteiger partial charge in [-0.2, -0.15) is 13.2 Å². The summed E-state index contributed by atoms with van der Waals surface area (Å²) in [6.45, 7) is 3.19. The first-order valence-corrected chi connectivity index (χ1v) is 6.64. The highest BCUT2D eigenvalue weighted by molar-refractivity contribution is 9.11. The zero-order valence-electron chi connectivity index (χ0n) is 8.96. The van der Waals surface area contributed by atoms with E-state index in [9.17, 15) is 13.2 Å². The Hall–Kier alpha value is -0.340. The topological polar surface area (TPSA) is 42.2 Å². The number of nitrogens with two attached hydrogens (primary N) is 1. The molecule has 2 heterocycles. The van der Waals surface area contributed by atoms with Gasteiger partial charge in [-0.05, 0) is 21.8 Å². The summed E-state index contributed by atoms with van der Waals surface area (Å²) < 4.78 is 37.7. The van der Waals surface area contributed by atoms with Gasteiger partial charge in [0.15, 0.2) is 10.8 Å². The molecule has 0 bridgehead atoms. The van der Waals surface area contributed by atoms with Crippen LogP contribution in [-0.4, -0.2) is 24.1 Å². The van der Waals surface area contributed by atoms with Crippen molar-refractivity contribution in [3.63, 3.8) is 0 Å². The number of nitrogens with zero attached hydrogens (tertiary/aromatic N) is 2. The van der Waals surface area contributed by atoms with Crippen LogP contribution < -0.4 is 10.6 Å². The second-order valence-electron chi connectivity index (χ2n) is 4.16. The monoisotopic (exact) mass is 329 g/mol. The molecule has 1 aromatic rings. The van der Waals surface area contributed by atoms with Crippen LogP contribution in [0.5, 0.6) is 0 Å². The van der Waals surface area contributed by atoms with Gasteiger partial charge in [0.25, 0.3) is 0 Å². The molecule has 3 nitrogen and oxygen atoms in total. The molecule has 2 N–H and O–H groups in total. The van der Waals surface area contributed by atoms with E-state index in [0.29, 0.717) is 18.2 Å². The highest BCUT2D eigenvalue weighted by Gasteiger charge is 2.38. The third-order valence-corrected chi connectivity index (χ3v) is 4.55. The SMILES string of the molecule is CC1CN(c2nc(C(F)(F)F)c(Br)s2)CC1N. The van der Waals surface area contributed by atoms with Gasteiger partial charge in [0.2, 0.25) is 0 Å². The van der Waals surface area contributed by atoms with Crippen molar-refractivity contribution < 1.29 is 13.2 Å². The molecule has 1 aromatic heterocycles. The summed E-state index contributed by atoms with van der Waals surface area (Å²) in [5.41, 5.74) is 4.98. The Balaban J connectivity index is 2.24. The highest BCUT2D eigenvalue weighted by atomic mass is 79.9. The number of rotatable bonds is 1. The van der Waals surface area contributed by atoms with Crippen molar-refractivity contribution in [3.05, 3.63) is 9.48 Å². The zero-order valence-corrected chi connectivity index (χ0v) is 11.4. The maximum atomic E-state index is 12.6. The highest BCUT2D eigenvalue weighted by Crippen LogP contribution is 2.41. The largest absolute Gasteiger partial charge is 0.435 e. The van der Waals surface area contributed by atoms with Crippen LogP contribution >= 0.6 is 27.3 Å². The molecule has 2 unspecified atom stereocenters. The van der Waals surface area contributed by atoms with E-state index in [2.05, 4.69) is 20.9 Å². The molecule has 2 atom stereocenters. The van der Waals surface area contributed by atoms with E-state index in [4.69, 9.17) is 5.73 Å². The van der Waals surface area contributed by atoms with Gasteiger partial charge in [0, 0.05) is 19.1 Å². The molecule has 0 radical (unpaired) electrons. The number of hydrogen-bond acceptors (Lipinski definition) is 4. The number of alkyl halides is 3.